The summed E-state index contributed by atoms with van der Waals surface area (Å²) in [6.07, 6.45) is 0.687. The van der Waals surface area contributed by atoms with Crippen LogP contribution in [0, 0.1) is 0 Å². The molecule has 1 heterocycles. The van der Waals surface area contributed by atoms with Gasteiger partial charge in [-0.1, -0.05) is 30.8 Å². The van der Waals surface area contributed by atoms with Crippen LogP contribution in [0.4, 0.5) is 5.69 Å². The molecule has 0 atom stereocenters. The number of ether oxygens (including phenoxy) is 1. The van der Waals surface area contributed by atoms with Gasteiger partial charge in [0, 0.05) is 11.8 Å². The molecule has 7 heteroatoms. The third kappa shape index (κ3) is 5.42. The van der Waals surface area contributed by atoms with E-state index in [4.69, 9.17) is 4.74 Å². The molecule has 128 valence electrons. The van der Waals surface area contributed by atoms with Gasteiger partial charge < -0.3 is 15.0 Å². The molecular formula is C17H21N3O3S. The predicted octanol–water partition coefficient (Wildman–Crippen LogP) is 2.85. The number of anilines is 1. The number of rotatable bonds is 7. The van der Waals surface area contributed by atoms with Gasteiger partial charge in [-0.25, -0.2) is 4.98 Å². The number of H-pyrrole nitrogens is 1. The zero-order valence-electron chi connectivity index (χ0n) is 14.0. The number of para-hydroxylation sites is 2. The van der Waals surface area contributed by atoms with Crippen LogP contribution in [-0.4, -0.2) is 27.7 Å². The number of hydrogen-bond donors (Lipinski definition) is 2. The van der Waals surface area contributed by atoms with Crippen LogP contribution in [0.25, 0.3) is 0 Å². The van der Waals surface area contributed by atoms with Gasteiger partial charge in [-0.3, -0.25) is 9.59 Å². The molecule has 0 radical (unpaired) electrons. The molecule has 0 unspecified atom stereocenters. The highest BCUT2D eigenvalue weighted by molar-refractivity contribution is 7.99. The van der Waals surface area contributed by atoms with E-state index < -0.39 is 0 Å². The summed E-state index contributed by atoms with van der Waals surface area (Å²) in [5.74, 6) is 0.585. The second-order valence-corrected chi connectivity index (χ2v) is 6.36. The minimum atomic E-state index is -0.208. The van der Waals surface area contributed by atoms with E-state index in [0.29, 0.717) is 28.7 Å². The van der Waals surface area contributed by atoms with Crippen LogP contribution < -0.4 is 15.6 Å². The van der Waals surface area contributed by atoms with E-state index in [1.807, 2.05) is 39.0 Å². The lowest BCUT2D eigenvalue weighted by atomic mass is 10.3. The van der Waals surface area contributed by atoms with Crippen molar-refractivity contribution in [3.05, 3.63) is 46.4 Å². The molecule has 1 amide bonds. The normalized spacial score (nSPS) is 10.7. The maximum absolute atomic E-state index is 12.2. The van der Waals surface area contributed by atoms with Gasteiger partial charge in [0.25, 0.3) is 5.56 Å². The van der Waals surface area contributed by atoms with Crippen LogP contribution in [0.3, 0.4) is 0 Å². The molecule has 0 aliphatic carbocycles. The van der Waals surface area contributed by atoms with E-state index in [2.05, 4.69) is 15.3 Å². The van der Waals surface area contributed by atoms with Crippen LogP contribution in [0.5, 0.6) is 5.75 Å². The van der Waals surface area contributed by atoms with Crippen LogP contribution >= 0.6 is 11.8 Å². The highest BCUT2D eigenvalue weighted by atomic mass is 32.2. The number of nitrogens with one attached hydrogen (secondary N) is 2. The van der Waals surface area contributed by atoms with Crippen molar-refractivity contribution in [3.63, 3.8) is 0 Å². The summed E-state index contributed by atoms with van der Waals surface area (Å²) in [5, 5.41) is 3.27. The maximum atomic E-state index is 12.2. The number of benzene rings is 1. The topological polar surface area (TPSA) is 84.1 Å². The van der Waals surface area contributed by atoms with Gasteiger partial charge in [0.05, 0.1) is 17.5 Å². The summed E-state index contributed by atoms with van der Waals surface area (Å²) in [5.41, 5.74) is 1.12. The zero-order chi connectivity index (χ0) is 17.5. The van der Waals surface area contributed by atoms with Gasteiger partial charge in [-0.05, 0) is 32.4 Å². The standard InChI is InChI=1S/C17H21N3O3S/c1-4-12-9-15(21)20-17(18-12)24-10-16(22)19-13-7-5-6-8-14(13)23-11(2)3/h5-9,11H,4,10H2,1-3H3,(H,19,22)(H,18,20,21). The van der Waals surface area contributed by atoms with Crippen molar-refractivity contribution < 1.29 is 9.53 Å². The van der Waals surface area contributed by atoms with Crippen molar-refractivity contribution in [2.24, 2.45) is 0 Å². The lowest BCUT2D eigenvalue weighted by Crippen LogP contribution is -2.17. The maximum Gasteiger partial charge on any atom is 0.251 e. The van der Waals surface area contributed by atoms with Crippen LogP contribution in [-0.2, 0) is 11.2 Å². The van der Waals surface area contributed by atoms with Gasteiger partial charge in [0.2, 0.25) is 5.91 Å². The first-order chi connectivity index (χ1) is 11.5. The molecule has 0 fully saturated rings. The minimum absolute atomic E-state index is 0.0171. The Morgan fingerprint density at radius 2 is 2.12 bits per heavy atom. The Bertz CT molecular complexity index is 759. The summed E-state index contributed by atoms with van der Waals surface area (Å²) < 4.78 is 5.67. The molecular weight excluding hydrogens is 326 g/mol. The zero-order valence-corrected chi connectivity index (χ0v) is 14.8. The SMILES string of the molecule is CCc1cc(=O)[nH]c(SCC(=O)Nc2ccccc2OC(C)C)n1. The Balaban J connectivity index is 1.99. The average molecular weight is 347 g/mol. The van der Waals surface area contributed by atoms with Crippen molar-refractivity contribution in [2.75, 3.05) is 11.1 Å². The number of hydrogen-bond acceptors (Lipinski definition) is 5. The Kier molecular flexibility index (Phi) is 6.43. The number of thioether (sulfide) groups is 1. The predicted molar refractivity (Wildman–Crippen MR) is 95.8 cm³/mol. The number of aromatic nitrogens is 2. The number of amides is 1. The van der Waals surface area contributed by atoms with Gasteiger partial charge >= 0.3 is 0 Å². The first-order valence-electron chi connectivity index (χ1n) is 7.76. The molecule has 1 aromatic carbocycles. The van der Waals surface area contributed by atoms with Crippen molar-refractivity contribution in [1.29, 1.82) is 0 Å². The minimum Gasteiger partial charge on any atom is -0.489 e. The number of aryl methyl sites for hydroxylation is 1. The second kappa shape index (κ2) is 8.54. The third-order valence-electron chi connectivity index (χ3n) is 3.00. The summed E-state index contributed by atoms with van der Waals surface area (Å²) in [6.45, 7) is 5.78. The number of aromatic amines is 1. The monoisotopic (exact) mass is 347 g/mol. The fourth-order valence-corrected chi connectivity index (χ4v) is 2.67. The molecule has 2 rings (SSSR count). The Morgan fingerprint density at radius 3 is 2.83 bits per heavy atom. The van der Waals surface area contributed by atoms with Gasteiger partial charge in [0.1, 0.15) is 5.75 Å². The molecule has 24 heavy (non-hydrogen) atoms. The highest BCUT2D eigenvalue weighted by Gasteiger charge is 2.10. The van der Waals surface area contributed by atoms with Crippen molar-refractivity contribution in [3.8, 4) is 5.75 Å². The fraction of sp³-hybridized carbons (Fsp3) is 0.353. The van der Waals surface area contributed by atoms with Crippen LogP contribution in [0.15, 0.2) is 40.3 Å². The Morgan fingerprint density at radius 1 is 1.38 bits per heavy atom. The molecule has 0 bridgehead atoms. The first-order valence-corrected chi connectivity index (χ1v) is 8.75. The quantitative estimate of drug-likeness (QED) is 0.594. The fourth-order valence-electron chi connectivity index (χ4n) is 1.98. The van der Waals surface area contributed by atoms with Crippen LogP contribution in [0.1, 0.15) is 26.5 Å². The molecule has 2 N–H and O–H groups in total. The molecule has 0 spiro atoms. The van der Waals surface area contributed by atoms with Crippen molar-refractivity contribution >= 4 is 23.4 Å². The van der Waals surface area contributed by atoms with E-state index >= 15 is 0 Å². The van der Waals surface area contributed by atoms with Crippen LogP contribution in [0.2, 0.25) is 0 Å². The smallest absolute Gasteiger partial charge is 0.251 e. The molecule has 2 aromatic rings. The van der Waals surface area contributed by atoms with E-state index in [0.717, 1.165) is 0 Å². The van der Waals surface area contributed by atoms with E-state index in [1.54, 1.807) is 6.07 Å². The number of carbonyl (C=O) groups excluding carboxylic acids is 1. The Labute approximate surface area is 145 Å². The molecule has 0 aliphatic rings. The largest absolute Gasteiger partial charge is 0.489 e. The second-order valence-electron chi connectivity index (χ2n) is 5.40. The Hall–Kier alpha value is -2.28. The summed E-state index contributed by atoms with van der Waals surface area (Å²) in [7, 11) is 0. The summed E-state index contributed by atoms with van der Waals surface area (Å²) in [4.78, 5) is 30.6. The van der Waals surface area contributed by atoms with Crippen molar-refractivity contribution in [1.82, 2.24) is 9.97 Å². The van der Waals surface area contributed by atoms with E-state index in [9.17, 15) is 9.59 Å². The molecule has 0 aliphatic heterocycles. The molecule has 6 nitrogen and oxygen atoms in total. The van der Waals surface area contributed by atoms with E-state index in [-0.39, 0.29) is 23.3 Å². The van der Waals surface area contributed by atoms with Gasteiger partial charge in [0.15, 0.2) is 5.16 Å². The lowest BCUT2D eigenvalue weighted by Gasteiger charge is -2.14. The summed E-state index contributed by atoms with van der Waals surface area (Å²) >= 11 is 1.19. The third-order valence-corrected chi connectivity index (χ3v) is 3.87. The number of carbonyl (C=O) groups is 1. The molecule has 0 saturated heterocycles. The highest BCUT2D eigenvalue weighted by Crippen LogP contribution is 2.25. The van der Waals surface area contributed by atoms with Gasteiger partial charge in [-0.2, -0.15) is 0 Å². The van der Waals surface area contributed by atoms with Gasteiger partial charge in [-0.15, -0.1) is 0 Å². The average Bonchev–Trinajstić information content (AvgIpc) is 2.54. The van der Waals surface area contributed by atoms with E-state index in [1.165, 1.54) is 17.8 Å². The summed E-state index contributed by atoms with van der Waals surface area (Å²) in [6, 6.07) is 8.75. The first kappa shape index (κ1) is 18.1. The molecule has 0 saturated carbocycles. The number of nitrogens with zero attached hydrogens (tertiary/aromatic N) is 1. The van der Waals surface area contributed by atoms with Crippen molar-refractivity contribution in [2.45, 2.75) is 38.5 Å². The molecule has 1 aromatic heterocycles. The lowest BCUT2D eigenvalue weighted by molar-refractivity contribution is -0.113.